The molecule has 2 atom stereocenters. The van der Waals surface area contributed by atoms with E-state index in [2.05, 4.69) is 18.8 Å². The maximum atomic E-state index is 12.6. The average Bonchev–Trinajstić information content (AvgIpc) is 2.71. The van der Waals surface area contributed by atoms with Crippen LogP contribution in [0.5, 0.6) is 0 Å². The lowest BCUT2D eigenvalue weighted by Crippen LogP contribution is -2.40. The molecule has 3 aliphatic carbocycles. The first-order valence-corrected chi connectivity index (χ1v) is 10.9. The van der Waals surface area contributed by atoms with Gasteiger partial charge in [-0.05, 0) is 81.2 Å². The zero-order valence-electron chi connectivity index (χ0n) is 17.2. The molecule has 3 heteroatoms. The molecule has 0 radical (unpaired) electrons. The third-order valence-corrected chi connectivity index (χ3v) is 6.94. The van der Waals surface area contributed by atoms with Crippen molar-refractivity contribution < 1.29 is 15.0 Å². The molecule has 1 aromatic rings. The van der Waals surface area contributed by atoms with Crippen LogP contribution in [0.3, 0.4) is 0 Å². The Morgan fingerprint density at radius 2 is 1.83 bits per heavy atom. The highest BCUT2D eigenvalue weighted by Gasteiger charge is 2.43. The van der Waals surface area contributed by atoms with Gasteiger partial charge in [0, 0.05) is 16.6 Å². The van der Waals surface area contributed by atoms with Gasteiger partial charge in [-0.2, -0.15) is 0 Å². The minimum Gasteiger partial charge on any atom is -0.392 e. The van der Waals surface area contributed by atoms with Crippen LogP contribution in [0.4, 0.5) is 0 Å². The van der Waals surface area contributed by atoms with E-state index in [1.807, 2.05) is 30.3 Å². The minimum atomic E-state index is -0.840. The van der Waals surface area contributed by atoms with Gasteiger partial charge in [0.15, 0.2) is 5.78 Å². The van der Waals surface area contributed by atoms with Gasteiger partial charge in [-0.15, -0.1) is 0 Å². The molecule has 0 saturated heterocycles. The summed E-state index contributed by atoms with van der Waals surface area (Å²) in [6.07, 6.45) is 11.3. The fourth-order valence-electron chi connectivity index (χ4n) is 4.94. The third-order valence-electron chi connectivity index (χ3n) is 6.94. The first kappa shape index (κ1) is 20.1. The Hall–Kier alpha value is -2.15. The van der Waals surface area contributed by atoms with Gasteiger partial charge in [0.25, 0.3) is 0 Å². The molecule has 3 nitrogen and oxygen atoms in total. The smallest absolute Gasteiger partial charge is 0.181 e. The van der Waals surface area contributed by atoms with Gasteiger partial charge >= 0.3 is 0 Å². The van der Waals surface area contributed by atoms with E-state index in [-0.39, 0.29) is 17.3 Å². The van der Waals surface area contributed by atoms with Gasteiger partial charge in [0.2, 0.25) is 0 Å². The maximum Gasteiger partial charge on any atom is 0.181 e. The van der Waals surface area contributed by atoms with Gasteiger partial charge in [-0.1, -0.05) is 42.9 Å². The van der Waals surface area contributed by atoms with Crippen molar-refractivity contribution in [2.45, 2.75) is 76.4 Å². The molecule has 0 aromatic heterocycles. The number of aliphatic hydroxyl groups excluding tert-OH is 1. The fourth-order valence-corrected chi connectivity index (χ4v) is 4.94. The topological polar surface area (TPSA) is 57.5 Å². The van der Waals surface area contributed by atoms with Crippen molar-refractivity contribution in [2.75, 3.05) is 0 Å². The van der Waals surface area contributed by atoms with Crippen LogP contribution < -0.4 is 0 Å². The molecular weight excluding hydrogens is 360 g/mol. The van der Waals surface area contributed by atoms with Crippen molar-refractivity contribution in [2.24, 2.45) is 5.41 Å². The second-order valence-electron chi connectivity index (χ2n) is 9.17. The average molecular weight is 391 g/mol. The molecule has 0 bridgehead atoms. The van der Waals surface area contributed by atoms with Gasteiger partial charge in [0.1, 0.15) is 5.60 Å². The van der Waals surface area contributed by atoms with Crippen molar-refractivity contribution in [1.29, 1.82) is 0 Å². The molecule has 2 saturated carbocycles. The SMILES string of the molecule is C[C@]12CC(=Cc3ccc(C#CC4(O)CCCCC4)cc3)C(=O)C=C1CCC[C@@H]2O. The highest BCUT2D eigenvalue weighted by molar-refractivity contribution is 6.08. The van der Waals surface area contributed by atoms with Gasteiger partial charge < -0.3 is 10.2 Å². The monoisotopic (exact) mass is 390 g/mol. The number of hydrogen-bond acceptors (Lipinski definition) is 3. The van der Waals surface area contributed by atoms with Crippen LogP contribution in [0.2, 0.25) is 0 Å². The van der Waals surface area contributed by atoms with Crippen molar-refractivity contribution in [3.8, 4) is 11.8 Å². The fraction of sp³-hybridized carbons (Fsp3) is 0.500. The first-order valence-electron chi connectivity index (χ1n) is 10.9. The zero-order valence-corrected chi connectivity index (χ0v) is 17.2. The van der Waals surface area contributed by atoms with E-state index < -0.39 is 5.60 Å². The van der Waals surface area contributed by atoms with Crippen LogP contribution in [0.15, 0.2) is 41.5 Å². The molecule has 0 aliphatic heterocycles. The summed E-state index contributed by atoms with van der Waals surface area (Å²) in [6.45, 7) is 2.08. The Balaban J connectivity index is 1.52. The van der Waals surface area contributed by atoms with Crippen molar-refractivity contribution in [1.82, 2.24) is 0 Å². The molecule has 0 amide bonds. The molecule has 1 aromatic carbocycles. The van der Waals surface area contributed by atoms with E-state index in [1.54, 1.807) is 6.08 Å². The van der Waals surface area contributed by atoms with Crippen molar-refractivity contribution in [3.05, 3.63) is 52.6 Å². The van der Waals surface area contributed by atoms with E-state index in [4.69, 9.17) is 0 Å². The Labute approximate surface area is 173 Å². The summed E-state index contributed by atoms with van der Waals surface area (Å²) < 4.78 is 0. The second kappa shape index (κ2) is 7.94. The molecule has 0 unspecified atom stereocenters. The standard InChI is InChI=1S/C26H30O3/c1-25-18-21(23(27)17-22(25)6-5-7-24(25)28)16-20-10-8-19(9-11-20)12-15-26(29)13-3-2-4-14-26/h8-11,16-17,24,28-29H,2-7,13-14,18H2,1H3/t24-,25-/m0/s1. The summed E-state index contributed by atoms with van der Waals surface area (Å²) in [5, 5.41) is 21.1. The number of allylic oxidation sites excluding steroid dienone is 2. The molecule has 3 aliphatic rings. The lowest BCUT2D eigenvalue weighted by atomic mass is 9.63. The number of carbonyl (C=O) groups excluding carboxylic acids is 1. The number of carbonyl (C=O) groups is 1. The third kappa shape index (κ3) is 4.25. The molecule has 2 fully saturated rings. The van der Waals surface area contributed by atoms with E-state index in [0.717, 1.165) is 67.2 Å². The van der Waals surface area contributed by atoms with Crippen LogP contribution in [0.25, 0.3) is 6.08 Å². The lowest BCUT2D eigenvalue weighted by molar-refractivity contribution is -0.112. The molecule has 2 N–H and O–H groups in total. The predicted octanol–water partition coefficient (Wildman–Crippen LogP) is 4.57. The Morgan fingerprint density at radius 1 is 1.10 bits per heavy atom. The number of aliphatic hydroxyl groups is 2. The van der Waals surface area contributed by atoms with E-state index in [0.29, 0.717) is 6.42 Å². The normalized spacial score (nSPS) is 30.2. The molecule has 29 heavy (non-hydrogen) atoms. The predicted molar refractivity (Wildman–Crippen MR) is 115 cm³/mol. The highest BCUT2D eigenvalue weighted by atomic mass is 16.3. The van der Waals surface area contributed by atoms with Crippen LogP contribution in [-0.2, 0) is 4.79 Å². The van der Waals surface area contributed by atoms with Gasteiger partial charge in [-0.25, -0.2) is 0 Å². The Kier molecular flexibility index (Phi) is 5.51. The quantitative estimate of drug-likeness (QED) is 0.546. The molecule has 4 rings (SSSR count). The largest absolute Gasteiger partial charge is 0.392 e. The molecule has 152 valence electrons. The summed E-state index contributed by atoms with van der Waals surface area (Å²) in [5.41, 5.74) is 2.53. The zero-order chi connectivity index (χ0) is 20.5. The van der Waals surface area contributed by atoms with Crippen molar-refractivity contribution in [3.63, 3.8) is 0 Å². The van der Waals surface area contributed by atoms with Crippen LogP contribution in [0.1, 0.15) is 75.8 Å². The van der Waals surface area contributed by atoms with Crippen molar-refractivity contribution >= 4 is 11.9 Å². The Morgan fingerprint density at radius 3 is 2.55 bits per heavy atom. The Bertz CT molecular complexity index is 904. The number of fused-ring (bicyclic) bond motifs is 1. The summed E-state index contributed by atoms with van der Waals surface area (Å²) in [5.74, 6) is 6.24. The molecule has 0 spiro atoms. The summed E-state index contributed by atoms with van der Waals surface area (Å²) in [7, 11) is 0. The molecule has 0 heterocycles. The molecular formula is C26H30O3. The maximum absolute atomic E-state index is 12.6. The number of rotatable bonds is 1. The van der Waals surface area contributed by atoms with E-state index in [9.17, 15) is 15.0 Å². The van der Waals surface area contributed by atoms with Crippen LogP contribution in [0, 0.1) is 17.3 Å². The number of ketones is 1. The van der Waals surface area contributed by atoms with Gasteiger partial charge in [-0.3, -0.25) is 4.79 Å². The van der Waals surface area contributed by atoms with E-state index in [1.165, 1.54) is 6.42 Å². The van der Waals surface area contributed by atoms with Crippen LogP contribution in [-0.4, -0.2) is 27.7 Å². The lowest BCUT2D eigenvalue weighted by Gasteiger charge is -2.43. The summed E-state index contributed by atoms with van der Waals surface area (Å²) in [4.78, 5) is 12.6. The van der Waals surface area contributed by atoms with Gasteiger partial charge in [0.05, 0.1) is 6.10 Å². The summed E-state index contributed by atoms with van der Waals surface area (Å²) >= 11 is 0. The first-order chi connectivity index (χ1) is 13.9. The second-order valence-corrected chi connectivity index (χ2v) is 9.17. The number of benzene rings is 1. The summed E-state index contributed by atoms with van der Waals surface area (Å²) in [6, 6.07) is 7.82. The van der Waals surface area contributed by atoms with Crippen LogP contribution >= 0.6 is 0 Å². The highest BCUT2D eigenvalue weighted by Crippen LogP contribution is 2.48. The van der Waals surface area contributed by atoms with E-state index >= 15 is 0 Å². The number of hydrogen-bond donors (Lipinski definition) is 2. The minimum absolute atomic E-state index is 0.0648.